The van der Waals surface area contributed by atoms with E-state index >= 15 is 0 Å². The Balaban J connectivity index is 2.50. The van der Waals surface area contributed by atoms with Crippen molar-refractivity contribution in [3.8, 4) is 0 Å². The molecular formula is C7H10O2S2. The molecule has 0 aromatic heterocycles. The number of hydrogen-bond donors (Lipinski definition) is 0. The Morgan fingerprint density at radius 2 is 2.45 bits per heavy atom. The molecule has 4 heteroatoms. The van der Waals surface area contributed by atoms with E-state index < -0.39 is 0 Å². The van der Waals surface area contributed by atoms with Gasteiger partial charge in [-0.3, -0.25) is 4.79 Å². The van der Waals surface area contributed by atoms with Crippen molar-refractivity contribution in [1.29, 1.82) is 0 Å². The van der Waals surface area contributed by atoms with Crippen molar-refractivity contribution in [1.82, 2.24) is 0 Å². The molecule has 0 saturated heterocycles. The van der Waals surface area contributed by atoms with Gasteiger partial charge in [0.2, 0.25) is 0 Å². The molecule has 0 radical (unpaired) electrons. The van der Waals surface area contributed by atoms with Crippen LogP contribution in [0.2, 0.25) is 0 Å². The van der Waals surface area contributed by atoms with Crippen molar-refractivity contribution >= 4 is 27.9 Å². The van der Waals surface area contributed by atoms with Gasteiger partial charge < -0.3 is 4.74 Å². The summed E-state index contributed by atoms with van der Waals surface area (Å²) < 4.78 is 5.24. The third kappa shape index (κ3) is 2.17. The standard InChI is InChI=1S/C7H10O2S2/c1-7(2)6(5-10-11-7)9-4-3-8/h3,5H,4H2,1-2H3. The number of aldehydes is 1. The van der Waals surface area contributed by atoms with Gasteiger partial charge >= 0.3 is 0 Å². The first-order valence-corrected chi connectivity index (χ1v) is 5.49. The van der Waals surface area contributed by atoms with Crippen LogP contribution in [0.1, 0.15) is 13.8 Å². The van der Waals surface area contributed by atoms with Crippen LogP contribution in [0, 0.1) is 0 Å². The summed E-state index contributed by atoms with van der Waals surface area (Å²) >= 11 is 0. The second kappa shape index (κ2) is 3.54. The van der Waals surface area contributed by atoms with Gasteiger partial charge in [-0.25, -0.2) is 0 Å². The van der Waals surface area contributed by atoms with Crippen LogP contribution in [0.4, 0.5) is 0 Å². The van der Waals surface area contributed by atoms with Crippen molar-refractivity contribution in [2.24, 2.45) is 0 Å². The number of hydrogen-bond acceptors (Lipinski definition) is 4. The maximum atomic E-state index is 10.0. The molecule has 1 aliphatic heterocycles. The average molecular weight is 190 g/mol. The van der Waals surface area contributed by atoms with Crippen LogP contribution in [-0.4, -0.2) is 17.6 Å². The highest BCUT2D eigenvalue weighted by Gasteiger charge is 2.30. The highest BCUT2D eigenvalue weighted by atomic mass is 33.1. The maximum Gasteiger partial charge on any atom is 0.157 e. The van der Waals surface area contributed by atoms with Gasteiger partial charge in [-0.15, -0.1) is 0 Å². The van der Waals surface area contributed by atoms with Gasteiger partial charge in [0.25, 0.3) is 0 Å². The minimum atomic E-state index is 0.0215. The Morgan fingerprint density at radius 1 is 1.73 bits per heavy atom. The van der Waals surface area contributed by atoms with Crippen LogP contribution in [0.5, 0.6) is 0 Å². The Morgan fingerprint density at radius 3 is 2.91 bits per heavy atom. The monoisotopic (exact) mass is 190 g/mol. The molecule has 11 heavy (non-hydrogen) atoms. The fourth-order valence-electron chi connectivity index (χ4n) is 0.703. The molecule has 0 unspecified atom stereocenters. The van der Waals surface area contributed by atoms with Gasteiger partial charge in [0.05, 0.1) is 4.75 Å². The topological polar surface area (TPSA) is 26.3 Å². The first-order valence-electron chi connectivity index (χ1n) is 3.28. The highest BCUT2D eigenvalue weighted by molar-refractivity contribution is 8.78. The Hall–Kier alpha value is -0.0900. The maximum absolute atomic E-state index is 10.0. The summed E-state index contributed by atoms with van der Waals surface area (Å²) in [6, 6.07) is 0. The second-order valence-corrected chi connectivity index (χ2v) is 5.34. The molecule has 1 aliphatic rings. The summed E-state index contributed by atoms with van der Waals surface area (Å²) in [6.45, 7) is 4.32. The van der Waals surface area contributed by atoms with Crippen LogP contribution in [0.3, 0.4) is 0 Å². The normalized spacial score (nSPS) is 21.1. The molecule has 0 N–H and O–H groups in total. The van der Waals surface area contributed by atoms with Crippen molar-refractivity contribution in [3.05, 3.63) is 11.2 Å². The summed E-state index contributed by atoms with van der Waals surface area (Å²) in [5, 5.41) is 1.95. The minimum absolute atomic E-state index is 0.0215. The molecule has 0 saturated carbocycles. The zero-order chi connectivity index (χ0) is 8.32. The molecule has 1 heterocycles. The quantitative estimate of drug-likeness (QED) is 0.503. The molecule has 62 valence electrons. The van der Waals surface area contributed by atoms with E-state index in [1.807, 2.05) is 5.41 Å². The fourth-order valence-corrected chi connectivity index (χ4v) is 3.09. The van der Waals surface area contributed by atoms with Gasteiger partial charge in [-0.2, -0.15) is 0 Å². The number of carbonyl (C=O) groups excluding carboxylic acids is 1. The van der Waals surface area contributed by atoms with Gasteiger partial charge in [-0.1, -0.05) is 21.6 Å². The SMILES string of the molecule is CC1(C)SSC=C1OCC=O. The van der Waals surface area contributed by atoms with E-state index in [0.29, 0.717) is 0 Å². The van der Waals surface area contributed by atoms with Crippen LogP contribution >= 0.6 is 21.6 Å². The summed E-state index contributed by atoms with van der Waals surface area (Å²) in [4.78, 5) is 10.0. The number of carbonyl (C=O) groups is 1. The van der Waals surface area contributed by atoms with E-state index in [4.69, 9.17) is 4.74 Å². The van der Waals surface area contributed by atoms with Crippen molar-refractivity contribution in [2.45, 2.75) is 18.6 Å². The molecule has 0 fully saturated rings. The van der Waals surface area contributed by atoms with Gasteiger partial charge in [0.15, 0.2) is 6.29 Å². The first kappa shape index (κ1) is 9.00. The lowest BCUT2D eigenvalue weighted by Crippen LogP contribution is -2.16. The van der Waals surface area contributed by atoms with E-state index in [-0.39, 0.29) is 11.4 Å². The summed E-state index contributed by atoms with van der Waals surface area (Å²) in [5.74, 6) is 0.902. The van der Waals surface area contributed by atoms with E-state index in [1.54, 1.807) is 21.6 Å². The molecule has 0 aliphatic carbocycles. The van der Waals surface area contributed by atoms with Gasteiger partial charge in [-0.05, 0) is 13.8 Å². The summed E-state index contributed by atoms with van der Waals surface area (Å²) in [7, 11) is 3.39. The molecule has 0 bridgehead atoms. The lowest BCUT2D eigenvalue weighted by molar-refractivity contribution is -0.110. The summed E-state index contributed by atoms with van der Waals surface area (Å²) in [5.41, 5.74) is 0. The predicted octanol–water partition coefficient (Wildman–Crippen LogP) is 2.22. The molecule has 0 amide bonds. The molecule has 2 nitrogen and oxygen atoms in total. The predicted molar refractivity (Wildman–Crippen MR) is 49.4 cm³/mol. The molecule has 1 rings (SSSR count). The molecule has 0 atom stereocenters. The number of ether oxygens (including phenoxy) is 1. The second-order valence-electron chi connectivity index (χ2n) is 2.65. The Bertz CT molecular complexity index is 187. The van der Waals surface area contributed by atoms with E-state index in [2.05, 4.69) is 13.8 Å². The minimum Gasteiger partial charge on any atom is -0.488 e. The Labute approximate surface area is 74.2 Å². The smallest absolute Gasteiger partial charge is 0.157 e. The van der Waals surface area contributed by atoms with Crippen LogP contribution in [0.25, 0.3) is 0 Å². The molecular weight excluding hydrogens is 180 g/mol. The van der Waals surface area contributed by atoms with Crippen molar-refractivity contribution in [2.75, 3.05) is 6.61 Å². The lowest BCUT2D eigenvalue weighted by Gasteiger charge is -2.19. The highest BCUT2D eigenvalue weighted by Crippen LogP contribution is 2.48. The first-order chi connectivity index (χ1) is 5.17. The van der Waals surface area contributed by atoms with Crippen molar-refractivity contribution in [3.63, 3.8) is 0 Å². The van der Waals surface area contributed by atoms with E-state index in [9.17, 15) is 4.79 Å². The zero-order valence-electron chi connectivity index (χ0n) is 6.49. The Kier molecular flexibility index (Phi) is 2.90. The third-order valence-electron chi connectivity index (χ3n) is 1.31. The molecule has 0 aromatic rings. The summed E-state index contributed by atoms with van der Waals surface area (Å²) in [6.07, 6.45) is 0.768. The van der Waals surface area contributed by atoms with E-state index in [0.717, 1.165) is 12.0 Å². The largest absolute Gasteiger partial charge is 0.488 e. The van der Waals surface area contributed by atoms with Gasteiger partial charge in [0, 0.05) is 5.41 Å². The average Bonchev–Trinajstić information content (AvgIpc) is 2.25. The third-order valence-corrected chi connectivity index (χ3v) is 4.16. The molecule has 0 aromatic carbocycles. The van der Waals surface area contributed by atoms with Gasteiger partial charge in [0.1, 0.15) is 12.4 Å². The van der Waals surface area contributed by atoms with E-state index in [1.165, 1.54) is 0 Å². The fraction of sp³-hybridized carbons (Fsp3) is 0.571. The van der Waals surface area contributed by atoms with Crippen LogP contribution in [0.15, 0.2) is 11.2 Å². The number of rotatable bonds is 3. The zero-order valence-corrected chi connectivity index (χ0v) is 8.13. The van der Waals surface area contributed by atoms with Crippen LogP contribution < -0.4 is 0 Å². The lowest BCUT2D eigenvalue weighted by atomic mass is 10.2. The van der Waals surface area contributed by atoms with Crippen molar-refractivity contribution < 1.29 is 9.53 Å². The van der Waals surface area contributed by atoms with Crippen LogP contribution in [-0.2, 0) is 9.53 Å². The molecule has 0 spiro atoms.